The van der Waals surface area contributed by atoms with Crippen molar-refractivity contribution in [2.24, 2.45) is 0 Å². The zero-order valence-electron chi connectivity index (χ0n) is 12.8. The van der Waals surface area contributed by atoms with Gasteiger partial charge in [-0.1, -0.05) is 6.92 Å². The number of thiophene rings is 1. The van der Waals surface area contributed by atoms with E-state index in [0.717, 1.165) is 54.6 Å². The summed E-state index contributed by atoms with van der Waals surface area (Å²) >= 11 is 1.68. The summed E-state index contributed by atoms with van der Waals surface area (Å²) in [4.78, 5) is 15.5. The molecule has 2 aromatic heterocycles. The largest absolute Gasteiger partial charge is 0.372 e. The van der Waals surface area contributed by atoms with E-state index in [2.05, 4.69) is 38.5 Å². The van der Waals surface area contributed by atoms with Gasteiger partial charge in [0.2, 0.25) is 0 Å². The minimum absolute atomic E-state index is 0.850. The van der Waals surface area contributed by atoms with Crippen molar-refractivity contribution in [2.75, 3.05) is 45.1 Å². The summed E-state index contributed by atoms with van der Waals surface area (Å²) in [5, 5.41) is 6.39. The van der Waals surface area contributed by atoms with Crippen LogP contribution in [0, 0.1) is 0 Å². The van der Waals surface area contributed by atoms with E-state index in [1.165, 1.54) is 13.0 Å². The second-order valence-electron chi connectivity index (χ2n) is 5.50. The first-order valence-electron chi connectivity index (χ1n) is 7.66. The predicted molar refractivity (Wildman–Crippen MR) is 89.0 cm³/mol. The van der Waals surface area contributed by atoms with Crippen LogP contribution in [0.15, 0.2) is 11.4 Å². The summed E-state index contributed by atoms with van der Waals surface area (Å²) in [5.41, 5.74) is 0. The molecule has 0 spiro atoms. The maximum Gasteiger partial charge on any atom is 0.146 e. The van der Waals surface area contributed by atoms with Gasteiger partial charge in [0.05, 0.1) is 11.9 Å². The first-order chi connectivity index (χ1) is 10.3. The molecule has 0 amide bonds. The van der Waals surface area contributed by atoms with Gasteiger partial charge in [0.15, 0.2) is 0 Å². The Balaban J connectivity index is 1.68. The number of rotatable bonds is 5. The van der Waals surface area contributed by atoms with Gasteiger partial charge in [0.1, 0.15) is 16.5 Å². The van der Waals surface area contributed by atoms with Gasteiger partial charge in [0, 0.05) is 33.2 Å². The summed E-state index contributed by atoms with van der Waals surface area (Å²) in [5.74, 6) is 1.87. The molecule has 1 saturated heterocycles. The molecule has 1 N–H and O–H groups in total. The Bertz CT molecular complexity index is 589. The molecular formula is C15H23N5S. The van der Waals surface area contributed by atoms with E-state index >= 15 is 0 Å². The van der Waals surface area contributed by atoms with Gasteiger partial charge in [-0.05, 0) is 24.4 Å². The Labute approximate surface area is 130 Å². The van der Waals surface area contributed by atoms with Crippen molar-refractivity contribution in [2.45, 2.75) is 19.9 Å². The molecule has 1 aliphatic rings. The molecule has 1 aliphatic heterocycles. The SMILES string of the molecule is CCCN1CCN(Cc2nc(NC)c3ccsc3n2)CC1. The highest BCUT2D eigenvalue weighted by atomic mass is 32.1. The fourth-order valence-electron chi connectivity index (χ4n) is 2.85. The number of fused-ring (bicyclic) bond motifs is 1. The van der Waals surface area contributed by atoms with E-state index in [9.17, 15) is 0 Å². The molecule has 0 saturated carbocycles. The molecule has 3 heterocycles. The molecule has 3 rings (SSSR count). The Morgan fingerprint density at radius 3 is 2.67 bits per heavy atom. The lowest BCUT2D eigenvalue weighted by Crippen LogP contribution is -2.46. The fraction of sp³-hybridized carbons (Fsp3) is 0.600. The summed E-state index contributed by atoms with van der Waals surface area (Å²) in [7, 11) is 1.92. The Kier molecular flexibility index (Phi) is 4.67. The lowest BCUT2D eigenvalue weighted by atomic mass is 10.3. The number of nitrogens with one attached hydrogen (secondary N) is 1. The summed E-state index contributed by atoms with van der Waals surface area (Å²) < 4.78 is 0. The molecule has 2 aromatic rings. The highest BCUT2D eigenvalue weighted by molar-refractivity contribution is 7.16. The summed E-state index contributed by atoms with van der Waals surface area (Å²) in [6.45, 7) is 8.86. The third-order valence-corrected chi connectivity index (χ3v) is 4.78. The summed E-state index contributed by atoms with van der Waals surface area (Å²) in [6, 6.07) is 2.08. The monoisotopic (exact) mass is 305 g/mol. The maximum absolute atomic E-state index is 4.71. The molecule has 0 bridgehead atoms. The normalized spacial score (nSPS) is 17.4. The number of piperazine rings is 1. The van der Waals surface area contributed by atoms with Gasteiger partial charge >= 0.3 is 0 Å². The standard InChI is InChI=1S/C15H23N5S/c1-3-5-19-6-8-20(9-7-19)11-13-17-14(16-2)12-4-10-21-15(12)18-13/h4,10H,3,5-9,11H2,1-2H3,(H,16,17,18). The summed E-state index contributed by atoms with van der Waals surface area (Å²) in [6.07, 6.45) is 1.24. The van der Waals surface area contributed by atoms with E-state index in [1.807, 2.05) is 7.05 Å². The number of aromatic nitrogens is 2. The molecule has 0 unspecified atom stereocenters. The van der Waals surface area contributed by atoms with Crippen molar-refractivity contribution in [3.8, 4) is 0 Å². The lowest BCUT2D eigenvalue weighted by molar-refractivity contribution is 0.125. The first kappa shape index (κ1) is 14.7. The molecule has 0 aromatic carbocycles. The van der Waals surface area contributed by atoms with Crippen LogP contribution in [0.25, 0.3) is 10.2 Å². The smallest absolute Gasteiger partial charge is 0.146 e. The van der Waals surface area contributed by atoms with E-state index < -0.39 is 0 Å². The number of anilines is 1. The van der Waals surface area contributed by atoms with Gasteiger partial charge in [-0.25, -0.2) is 9.97 Å². The molecule has 6 heteroatoms. The average molecular weight is 305 g/mol. The highest BCUT2D eigenvalue weighted by Crippen LogP contribution is 2.25. The molecular weight excluding hydrogens is 282 g/mol. The van der Waals surface area contributed by atoms with Crippen LogP contribution in [-0.4, -0.2) is 59.5 Å². The molecule has 0 atom stereocenters. The quantitative estimate of drug-likeness (QED) is 0.918. The van der Waals surface area contributed by atoms with Crippen molar-refractivity contribution < 1.29 is 0 Å². The molecule has 21 heavy (non-hydrogen) atoms. The van der Waals surface area contributed by atoms with E-state index in [-0.39, 0.29) is 0 Å². The minimum atomic E-state index is 0.850. The second kappa shape index (κ2) is 6.68. The molecule has 1 fully saturated rings. The van der Waals surface area contributed by atoms with Crippen LogP contribution in [0.5, 0.6) is 0 Å². The van der Waals surface area contributed by atoms with Gasteiger partial charge < -0.3 is 10.2 Å². The van der Waals surface area contributed by atoms with Gasteiger partial charge in [0.25, 0.3) is 0 Å². The first-order valence-corrected chi connectivity index (χ1v) is 8.54. The number of nitrogens with zero attached hydrogens (tertiary/aromatic N) is 4. The molecule has 114 valence electrons. The zero-order valence-corrected chi connectivity index (χ0v) is 13.6. The highest BCUT2D eigenvalue weighted by Gasteiger charge is 2.18. The topological polar surface area (TPSA) is 44.3 Å². The number of hydrogen-bond acceptors (Lipinski definition) is 6. The number of hydrogen-bond donors (Lipinski definition) is 1. The van der Waals surface area contributed by atoms with Gasteiger partial charge in [-0.2, -0.15) is 0 Å². The van der Waals surface area contributed by atoms with Gasteiger partial charge in [-0.15, -0.1) is 11.3 Å². The van der Waals surface area contributed by atoms with Crippen LogP contribution in [-0.2, 0) is 6.54 Å². The minimum Gasteiger partial charge on any atom is -0.372 e. The molecule has 5 nitrogen and oxygen atoms in total. The van der Waals surface area contributed by atoms with Crippen LogP contribution in [0.2, 0.25) is 0 Å². The maximum atomic E-state index is 4.71. The van der Waals surface area contributed by atoms with Crippen molar-refractivity contribution >= 4 is 27.4 Å². The average Bonchev–Trinajstić information content (AvgIpc) is 2.97. The van der Waals surface area contributed by atoms with E-state index in [4.69, 9.17) is 4.98 Å². The lowest BCUT2D eigenvalue weighted by Gasteiger charge is -2.34. The zero-order chi connectivity index (χ0) is 14.7. The fourth-order valence-corrected chi connectivity index (χ4v) is 3.63. The Morgan fingerprint density at radius 2 is 1.95 bits per heavy atom. The molecule has 0 aliphatic carbocycles. The van der Waals surface area contributed by atoms with Crippen LogP contribution < -0.4 is 5.32 Å². The third kappa shape index (κ3) is 3.33. The van der Waals surface area contributed by atoms with Crippen molar-refractivity contribution in [3.63, 3.8) is 0 Å². The van der Waals surface area contributed by atoms with E-state index in [0.29, 0.717) is 0 Å². The van der Waals surface area contributed by atoms with Crippen molar-refractivity contribution in [1.82, 2.24) is 19.8 Å². The second-order valence-corrected chi connectivity index (χ2v) is 6.39. The Hall–Kier alpha value is -1.24. The van der Waals surface area contributed by atoms with Crippen molar-refractivity contribution in [3.05, 3.63) is 17.3 Å². The van der Waals surface area contributed by atoms with Crippen LogP contribution >= 0.6 is 11.3 Å². The van der Waals surface area contributed by atoms with Crippen molar-refractivity contribution in [1.29, 1.82) is 0 Å². The van der Waals surface area contributed by atoms with E-state index in [1.54, 1.807) is 11.3 Å². The van der Waals surface area contributed by atoms with Gasteiger partial charge in [-0.3, -0.25) is 4.90 Å². The Morgan fingerprint density at radius 1 is 1.19 bits per heavy atom. The third-order valence-electron chi connectivity index (χ3n) is 3.98. The van der Waals surface area contributed by atoms with Crippen LogP contribution in [0.3, 0.4) is 0 Å². The molecule has 0 radical (unpaired) electrons. The van der Waals surface area contributed by atoms with Crippen LogP contribution in [0.4, 0.5) is 5.82 Å². The van der Waals surface area contributed by atoms with Crippen LogP contribution in [0.1, 0.15) is 19.2 Å². The predicted octanol–water partition coefficient (Wildman–Crippen LogP) is 2.26.